The smallest absolute Gasteiger partial charge is 0.237 e. The van der Waals surface area contributed by atoms with Crippen LogP contribution in [0.15, 0.2) is 18.2 Å². The molecule has 0 aromatic heterocycles. The molecule has 1 atom stereocenters. The Kier molecular flexibility index (Phi) is 6.08. The van der Waals surface area contributed by atoms with Crippen LogP contribution in [0.2, 0.25) is 0 Å². The molecule has 0 saturated carbocycles. The zero-order valence-corrected chi connectivity index (χ0v) is 12.6. The van der Waals surface area contributed by atoms with Gasteiger partial charge in [0.2, 0.25) is 5.91 Å². The monoisotopic (exact) mass is 300 g/mol. The molecule has 0 bridgehead atoms. The maximum atomic E-state index is 13.4. The first kappa shape index (κ1) is 17.4. The molecular formula is C15H22F2N2O2. The number of amides is 1. The van der Waals surface area contributed by atoms with E-state index < -0.39 is 23.1 Å². The van der Waals surface area contributed by atoms with Crippen LogP contribution in [0.25, 0.3) is 0 Å². The molecule has 1 rings (SSSR count). The summed E-state index contributed by atoms with van der Waals surface area (Å²) in [6.45, 7) is 5.79. The molecule has 0 heterocycles. The van der Waals surface area contributed by atoms with Crippen LogP contribution in [0, 0.1) is 11.6 Å². The van der Waals surface area contributed by atoms with Gasteiger partial charge in [-0.25, -0.2) is 8.78 Å². The van der Waals surface area contributed by atoms with Gasteiger partial charge in [-0.1, -0.05) is 0 Å². The van der Waals surface area contributed by atoms with Gasteiger partial charge in [-0.05, 0) is 45.7 Å². The molecule has 0 radical (unpaired) electrons. The first-order valence-electron chi connectivity index (χ1n) is 6.90. The fourth-order valence-electron chi connectivity index (χ4n) is 2.10. The Morgan fingerprint density at radius 3 is 2.62 bits per heavy atom. The van der Waals surface area contributed by atoms with Gasteiger partial charge in [-0.15, -0.1) is 0 Å². The van der Waals surface area contributed by atoms with Crippen molar-refractivity contribution in [1.29, 1.82) is 0 Å². The Labute approximate surface area is 123 Å². The number of halogens is 2. The van der Waals surface area contributed by atoms with Crippen molar-refractivity contribution in [2.45, 2.75) is 45.2 Å². The minimum atomic E-state index is -0.834. The highest BCUT2D eigenvalue weighted by atomic mass is 19.1. The summed E-state index contributed by atoms with van der Waals surface area (Å²) in [7, 11) is 0. The maximum Gasteiger partial charge on any atom is 0.237 e. The van der Waals surface area contributed by atoms with Gasteiger partial charge in [0.25, 0.3) is 0 Å². The molecule has 118 valence electrons. The zero-order valence-electron chi connectivity index (χ0n) is 12.6. The number of nitrogens with one attached hydrogen (secondary N) is 1. The summed E-state index contributed by atoms with van der Waals surface area (Å²) < 4.78 is 31.4. The number of carbonyl (C=O) groups excluding carboxylic acids is 1. The Balaban J connectivity index is 2.49. The molecular weight excluding hydrogens is 278 g/mol. The van der Waals surface area contributed by atoms with Crippen molar-refractivity contribution in [3.05, 3.63) is 29.8 Å². The Hall–Kier alpha value is -1.69. The Morgan fingerprint density at radius 2 is 2.10 bits per heavy atom. The van der Waals surface area contributed by atoms with E-state index in [1.807, 2.05) is 13.8 Å². The molecule has 0 spiro atoms. The van der Waals surface area contributed by atoms with Crippen LogP contribution in [0.1, 0.15) is 33.6 Å². The first-order valence-corrected chi connectivity index (χ1v) is 6.90. The Bertz CT molecular complexity index is 495. The second kappa shape index (κ2) is 7.36. The number of hydrogen-bond donors (Lipinski definition) is 2. The standard InChI is InChI=1S/C15H22F2N2O2/c1-10(2)19-15(3,14(18)20)7-4-8-21-13-6-5-11(16)9-12(13)17/h5-6,9-10,19H,4,7-8H2,1-3H3,(H2,18,20). The number of primary amides is 1. The van der Waals surface area contributed by atoms with E-state index in [-0.39, 0.29) is 18.4 Å². The van der Waals surface area contributed by atoms with E-state index in [4.69, 9.17) is 10.5 Å². The normalized spacial score (nSPS) is 14.0. The molecule has 3 N–H and O–H groups in total. The number of ether oxygens (including phenoxy) is 1. The summed E-state index contributed by atoms with van der Waals surface area (Å²) in [5.41, 5.74) is 4.57. The summed E-state index contributed by atoms with van der Waals surface area (Å²) >= 11 is 0. The summed E-state index contributed by atoms with van der Waals surface area (Å²) in [6, 6.07) is 3.25. The minimum absolute atomic E-state index is 0.00556. The van der Waals surface area contributed by atoms with Crippen molar-refractivity contribution in [3.8, 4) is 5.75 Å². The highest BCUT2D eigenvalue weighted by molar-refractivity contribution is 5.84. The van der Waals surface area contributed by atoms with Gasteiger partial charge in [0, 0.05) is 12.1 Å². The molecule has 1 aromatic carbocycles. The summed E-state index contributed by atoms with van der Waals surface area (Å²) in [6.07, 6.45) is 0.972. The predicted molar refractivity (Wildman–Crippen MR) is 77.0 cm³/mol. The lowest BCUT2D eigenvalue weighted by molar-refractivity contribution is -0.124. The Morgan fingerprint density at radius 1 is 1.43 bits per heavy atom. The largest absolute Gasteiger partial charge is 0.491 e. The SMILES string of the molecule is CC(C)NC(C)(CCCOc1ccc(F)cc1F)C(N)=O. The van der Waals surface area contributed by atoms with Crippen LogP contribution in [0.4, 0.5) is 8.78 Å². The third kappa shape index (κ3) is 5.30. The average molecular weight is 300 g/mol. The molecule has 0 saturated heterocycles. The lowest BCUT2D eigenvalue weighted by atomic mass is 9.94. The van der Waals surface area contributed by atoms with Crippen LogP contribution in [0.5, 0.6) is 5.75 Å². The van der Waals surface area contributed by atoms with Gasteiger partial charge in [0.05, 0.1) is 12.1 Å². The summed E-state index contributed by atoms with van der Waals surface area (Å²) in [5, 5.41) is 3.12. The predicted octanol–water partition coefficient (Wildman–Crippen LogP) is 2.37. The van der Waals surface area contributed by atoms with E-state index >= 15 is 0 Å². The topological polar surface area (TPSA) is 64.3 Å². The molecule has 1 unspecified atom stereocenters. The summed E-state index contributed by atoms with van der Waals surface area (Å²) in [4.78, 5) is 11.5. The minimum Gasteiger partial charge on any atom is -0.491 e. The number of rotatable bonds is 8. The highest BCUT2D eigenvalue weighted by Crippen LogP contribution is 2.19. The molecule has 0 aliphatic heterocycles. The third-order valence-electron chi connectivity index (χ3n) is 3.12. The van der Waals surface area contributed by atoms with E-state index in [0.717, 1.165) is 12.1 Å². The van der Waals surface area contributed by atoms with Crippen molar-refractivity contribution in [1.82, 2.24) is 5.32 Å². The van der Waals surface area contributed by atoms with Gasteiger partial charge in [-0.2, -0.15) is 0 Å². The van der Waals surface area contributed by atoms with Crippen LogP contribution < -0.4 is 15.8 Å². The molecule has 21 heavy (non-hydrogen) atoms. The lowest BCUT2D eigenvalue weighted by Crippen LogP contribution is -2.55. The first-order chi connectivity index (χ1) is 9.74. The van der Waals surface area contributed by atoms with Crippen LogP contribution in [-0.2, 0) is 4.79 Å². The van der Waals surface area contributed by atoms with Crippen molar-refractivity contribution < 1.29 is 18.3 Å². The molecule has 0 fully saturated rings. The van der Waals surface area contributed by atoms with E-state index in [1.165, 1.54) is 6.07 Å². The zero-order chi connectivity index (χ0) is 16.0. The van der Waals surface area contributed by atoms with Gasteiger partial charge < -0.3 is 15.8 Å². The molecule has 1 aromatic rings. The van der Waals surface area contributed by atoms with Crippen LogP contribution in [-0.4, -0.2) is 24.1 Å². The van der Waals surface area contributed by atoms with Gasteiger partial charge in [0.15, 0.2) is 11.6 Å². The number of carbonyl (C=O) groups is 1. The van der Waals surface area contributed by atoms with E-state index in [2.05, 4.69) is 5.32 Å². The number of nitrogens with two attached hydrogens (primary N) is 1. The second-order valence-corrected chi connectivity index (χ2v) is 5.52. The van der Waals surface area contributed by atoms with Crippen molar-refractivity contribution in [3.63, 3.8) is 0 Å². The number of benzene rings is 1. The molecule has 4 nitrogen and oxygen atoms in total. The molecule has 1 amide bonds. The third-order valence-corrected chi connectivity index (χ3v) is 3.12. The van der Waals surface area contributed by atoms with Gasteiger partial charge in [0.1, 0.15) is 5.82 Å². The number of hydrogen-bond acceptors (Lipinski definition) is 3. The quantitative estimate of drug-likeness (QED) is 0.724. The van der Waals surface area contributed by atoms with Crippen molar-refractivity contribution in [2.75, 3.05) is 6.61 Å². The van der Waals surface area contributed by atoms with Gasteiger partial charge in [-0.3, -0.25) is 4.79 Å². The second-order valence-electron chi connectivity index (χ2n) is 5.52. The van der Waals surface area contributed by atoms with E-state index in [1.54, 1.807) is 6.92 Å². The van der Waals surface area contributed by atoms with Gasteiger partial charge >= 0.3 is 0 Å². The highest BCUT2D eigenvalue weighted by Gasteiger charge is 2.30. The van der Waals surface area contributed by atoms with E-state index in [0.29, 0.717) is 12.8 Å². The maximum absolute atomic E-state index is 13.4. The van der Waals surface area contributed by atoms with Crippen molar-refractivity contribution in [2.24, 2.45) is 5.73 Å². The molecule has 0 aliphatic carbocycles. The molecule has 0 aliphatic rings. The van der Waals surface area contributed by atoms with Crippen LogP contribution >= 0.6 is 0 Å². The lowest BCUT2D eigenvalue weighted by Gasteiger charge is -2.29. The fourth-order valence-corrected chi connectivity index (χ4v) is 2.10. The summed E-state index contributed by atoms with van der Waals surface area (Å²) in [5.74, 6) is -1.84. The van der Waals surface area contributed by atoms with Crippen molar-refractivity contribution >= 4 is 5.91 Å². The fraction of sp³-hybridized carbons (Fsp3) is 0.533. The average Bonchev–Trinajstić information content (AvgIpc) is 2.35. The molecule has 6 heteroatoms. The van der Waals surface area contributed by atoms with E-state index in [9.17, 15) is 13.6 Å². The van der Waals surface area contributed by atoms with Crippen LogP contribution in [0.3, 0.4) is 0 Å².